The van der Waals surface area contributed by atoms with Crippen molar-refractivity contribution < 1.29 is 4.79 Å². The summed E-state index contributed by atoms with van der Waals surface area (Å²) < 4.78 is 0. The van der Waals surface area contributed by atoms with Crippen LogP contribution in [0.2, 0.25) is 0 Å². The highest BCUT2D eigenvalue weighted by atomic mass is 32.1. The molecule has 4 heterocycles. The predicted molar refractivity (Wildman–Crippen MR) is 93.9 cm³/mol. The molecule has 0 spiro atoms. The number of hydrogen-bond donors (Lipinski definition) is 0. The molecule has 1 amide bonds. The second-order valence-corrected chi connectivity index (χ2v) is 7.35. The minimum atomic E-state index is 0.183. The number of pyridine rings is 1. The number of rotatable bonds is 3. The Morgan fingerprint density at radius 2 is 1.88 bits per heavy atom. The molecule has 2 aromatic heterocycles. The fourth-order valence-corrected chi connectivity index (χ4v) is 4.32. The average Bonchev–Trinajstić information content (AvgIpc) is 3.34. The second kappa shape index (κ2) is 6.84. The molecule has 6 nitrogen and oxygen atoms in total. The Morgan fingerprint density at radius 3 is 2.58 bits per heavy atom. The summed E-state index contributed by atoms with van der Waals surface area (Å²) in [7, 11) is 0. The molecule has 4 rings (SSSR count). The SMILES string of the molecule is O=C(C1CCN(c2nnc(-c3ccccn3)s2)CC1)N1CCCC1. The Bertz CT molecular complexity index is 690. The standard InChI is InChI=1S/C17H21N5OS/c23-16(21-9-3-4-10-21)13-6-11-22(12-7-13)17-20-19-15(24-17)14-5-1-2-8-18-14/h1-2,5,8,13H,3-4,6-7,9-12H2. The minimum absolute atomic E-state index is 0.183. The first-order valence-corrected chi connectivity index (χ1v) is 9.41. The van der Waals surface area contributed by atoms with Crippen molar-refractivity contribution in [2.24, 2.45) is 5.92 Å². The van der Waals surface area contributed by atoms with Gasteiger partial charge in [-0.3, -0.25) is 9.78 Å². The highest BCUT2D eigenvalue weighted by Crippen LogP contribution is 2.31. The van der Waals surface area contributed by atoms with Crippen LogP contribution < -0.4 is 4.90 Å². The smallest absolute Gasteiger partial charge is 0.225 e. The number of piperidine rings is 1. The number of likely N-dealkylation sites (tertiary alicyclic amines) is 1. The Labute approximate surface area is 145 Å². The van der Waals surface area contributed by atoms with Gasteiger partial charge in [-0.2, -0.15) is 0 Å². The van der Waals surface area contributed by atoms with Gasteiger partial charge in [0.1, 0.15) is 5.69 Å². The fourth-order valence-electron chi connectivity index (χ4n) is 3.45. The summed E-state index contributed by atoms with van der Waals surface area (Å²) in [5.41, 5.74) is 0.861. The molecule has 0 aliphatic carbocycles. The lowest BCUT2D eigenvalue weighted by atomic mass is 9.95. The van der Waals surface area contributed by atoms with E-state index in [0.717, 1.165) is 67.7 Å². The highest BCUT2D eigenvalue weighted by Gasteiger charge is 2.30. The zero-order valence-corrected chi connectivity index (χ0v) is 14.4. The monoisotopic (exact) mass is 343 g/mol. The van der Waals surface area contributed by atoms with Gasteiger partial charge in [-0.15, -0.1) is 10.2 Å². The van der Waals surface area contributed by atoms with Crippen molar-refractivity contribution in [2.45, 2.75) is 25.7 Å². The van der Waals surface area contributed by atoms with Gasteiger partial charge in [-0.25, -0.2) is 0 Å². The van der Waals surface area contributed by atoms with Gasteiger partial charge in [0.05, 0.1) is 0 Å². The molecule has 0 saturated carbocycles. The Hall–Kier alpha value is -2.02. The molecule has 0 atom stereocenters. The number of nitrogens with zero attached hydrogens (tertiary/aromatic N) is 5. The molecular weight excluding hydrogens is 322 g/mol. The molecule has 0 radical (unpaired) electrons. The zero-order chi connectivity index (χ0) is 16.4. The minimum Gasteiger partial charge on any atom is -0.347 e. The van der Waals surface area contributed by atoms with E-state index in [0.29, 0.717) is 5.91 Å². The lowest BCUT2D eigenvalue weighted by Gasteiger charge is -2.32. The van der Waals surface area contributed by atoms with Crippen LogP contribution in [-0.4, -0.2) is 52.2 Å². The largest absolute Gasteiger partial charge is 0.347 e. The van der Waals surface area contributed by atoms with E-state index in [-0.39, 0.29) is 5.92 Å². The van der Waals surface area contributed by atoms with Crippen molar-refractivity contribution in [1.82, 2.24) is 20.1 Å². The van der Waals surface area contributed by atoms with Gasteiger partial charge in [0.2, 0.25) is 11.0 Å². The third kappa shape index (κ3) is 3.13. The van der Waals surface area contributed by atoms with Gasteiger partial charge >= 0.3 is 0 Å². The van der Waals surface area contributed by atoms with Crippen LogP contribution in [0.25, 0.3) is 10.7 Å². The van der Waals surface area contributed by atoms with Crippen LogP contribution in [0.3, 0.4) is 0 Å². The summed E-state index contributed by atoms with van der Waals surface area (Å²) in [6.07, 6.45) is 5.91. The number of carbonyl (C=O) groups is 1. The van der Waals surface area contributed by atoms with E-state index in [1.807, 2.05) is 23.1 Å². The summed E-state index contributed by atoms with van der Waals surface area (Å²) in [6.45, 7) is 3.65. The maximum atomic E-state index is 12.5. The molecule has 2 aromatic rings. The molecule has 0 unspecified atom stereocenters. The molecular formula is C17H21N5OS. The van der Waals surface area contributed by atoms with Crippen molar-refractivity contribution >= 4 is 22.4 Å². The van der Waals surface area contributed by atoms with E-state index in [1.54, 1.807) is 17.5 Å². The van der Waals surface area contributed by atoms with Crippen LogP contribution in [-0.2, 0) is 4.79 Å². The van der Waals surface area contributed by atoms with Crippen molar-refractivity contribution in [3.05, 3.63) is 24.4 Å². The summed E-state index contributed by atoms with van der Waals surface area (Å²) in [5.74, 6) is 0.543. The third-order valence-electron chi connectivity index (χ3n) is 4.83. The summed E-state index contributed by atoms with van der Waals surface area (Å²) in [5, 5.41) is 10.4. The Balaban J connectivity index is 1.38. The van der Waals surface area contributed by atoms with Gasteiger partial charge < -0.3 is 9.80 Å². The lowest BCUT2D eigenvalue weighted by molar-refractivity contribution is -0.135. The van der Waals surface area contributed by atoms with E-state index in [1.165, 1.54) is 0 Å². The zero-order valence-electron chi connectivity index (χ0n) is 13.6. The average molecular weight is 343 g/mol. The summed E-state index contributed by atoms with van der Waals surface area (Å²) in [6, 6.07) is 5.80. The van der Waals surface area contributed by atoms with Gasteiger partial charge in [-0.1, -0.05) is 17.4 Å². The van der Waals surface area contributed by atoms with E-state index in [9.17, 15) is 4.79 Å². The topological polar surface area (TPSA) is 62.2 Å². The van der Waals surface area contributed by atoms with E-state index in [2.05, 4.69) is 20.1 Å². The molecule has 0 bridgehead atoms. The molecule has 0 N–H and O–H groups in total. The molecule has 7 heteroatoms. The van der Waals surface area contributed by atoms with Gasteiger partial charge in [0, 0.05) is 38.3 Å². The normalized spacial score (nSPS) is 19.0. The van der Waals surface area contributed by atoms with Crippen molar-refractivity contribution in [3.63, 3.8) is 0 Å². The van der Waals surface area contributed by atoms with Crippen LogP contribution in [0.1, 0.15) is 25.7 Å². The first kappa shape index (κ1) is 15.5. The maximum absolute atomic E-state index is 12.5. The maximum Gasteiger partial charge on any atom is 0.225 e. The number of anilines is 1. The van der Waals surface area contributed by atoms with E-state index < -0.39 is 0 Å². The summed E-state index contributed by atoms with van der Waals surface area (Å²) in [4.78, 5) is 21.1. The highest BCUT2D eigenvalue weighted by molar-refractivity contribution is 7.18. The molecule has 126 valence electrons. The van der Waals surface area contributed by atoms with E-state index in [4.69, 9.17) is 0 Å². The molecule has 24 heavy (non-hydrogen) atoms. The quantitative estimate of drug-likeness (QED) is 0.856. The van der Waals surface area contributed by atoms with Gasteiger partial charge in [0.25, 0.3) is 0 Å². The molecule has 2 aliphatic rings. The number of aromatic nitrogens is 3. The number of carbonyl (C=O) groups excluding carboxylic acids is 1. The Morgan fingerprint density at radius 1 is 1.08 bits per heavy atom. The van der Waals surface area contributed by atoms with Crippen LogP contribution in [0.15, 0.2) is 24.4 Å². The van der Waals surface area contributed by atoms with Gasteiger partial charge in [-0.05, 0) is 37.8 Å². The van der Waals surface area contributed by atoms with Crippen molar-refractivity contribution in [1.29, 1.82) is 0 Å². The summed E-state index contributed by atoms with van der Waals surface area (Å²) >= 11 is 1.57. The van der Waals surface area contributed by atoms with E-state index >= 15 is 0 Å². The van der Waals surface area contributed by atoms with Gasteiger partial charge in [0.15, 0.2) is 5.01 Å². The number of amides is 1. The van der Waals surface area contributed by atoms with Crippen molar-refractivity contribution in [3.8, 4) is 10.7 Å². The molecule has 2 fully saturated rings. The fraction of sp³-hybridized carbons (Fsp3) is 0.529. The molecule has 2 aliphatic heterocycles. The second-order valence-electron chi connectivity index (χ2n) is 6.40. The molecule has 2 saturated heterocycles. The third-order valence-corrected chi connectivity index (χ3v) is 5.84. The first-order valence-electron chi connectivity index (χ1n) is 8.60. The van der Waals surface area contributed by atoms with Crippen LogP contribution >= 0.6 is 11.3 Å². The van der Waals surface area contributed by atoms with Crippen molar-refractivity contribution in [2.75, 3.05) is 31.1 Å². The Kier molecular flexibility index (Phi) is 4.42. The van der Waals surface area contributed by atoms with Crippen LogP contribution in [0.4, 0.5) is 5.13 Å². The van der Waals surface area contributed by atoms with Crippen LogP contribution in [0, 0.1) is 5.92 Å². The number of hydrogen-bond acceptors (Lipinski definition) is 6. The first-order chi connectivity index (χ1) is 11.8. The van der Waals surface area contributed by atoms with Crippen LogP contribution in [0.5, 0.6) is 0 Å². The lowest BCUT2D eigenvalue weighted by Crippen LogP contribution is -2.41. The predicted octanol–water partition coefficient (Wildman–Crippen LogP) is 2.44. The molecule has 0 aromatic carbocycles.